The molecule has 0 unspecified atom stereocenters. The van der Waals surface area contributed by atoms with Gasteiger partial charge in [0.1, 0.15) is 0 Å². The Morgan fingerprint density at radius 1 is 1.10 bits per heavy atom. The van der Waals surface area contributed by atoms with E-state index in [2.05, 4.69) is 4.72 Å². The molecule has 0 spiro atoms. The number of aryl methyl sites for hydroxylation is 1. The molecule has 0 atom stereocenters. The van der Waals surface area contributed by atoms with Gasteiger partial charge in [-0.05, 0) is 61.7 Å². The fourth-order valence-electron chi connectivity index (χ4n) is 2.05. The first kappa shape index (κ1) is 15.7. The molecule has 112 valence electrons. The smallest absolute Gasteiger partial charge is 0.262 e. The molecule has 21 heavy (non-hydrogen) atoms. The summed E-state index contributed by atoms with van der Waals surface area (Å²) >= 11 is 6.02. The summed E-state index contributed by atoms with van der Waals surface area (Å²) < 4.78 is 27.7. The summed E-state index contributed by atoms with van der Waals surface area (Å²) in [6.07, 6.45) is 0. The molecule has 0 amide bonds. The monoisotopic (exact) mass is 324 g/mol. The van der Waals surface area contributed by atoms with Gasteiger partial charge >= 0.3 is 0 Å². The van der Waals surface area contributed by atoms with Crippen LogP contribution in [0.25, 0.3) is 0 Å². The van der Waals surface area contributed by atoms with Gasteiger partial charge in [0, 0.05) is 10.7 Å². The van der Waals surface area contributed by atoms with Crippen LogP contribution in [0.3, 0.4) is 0 Å². The lowest BCUT2D eigenvalue weighted by atomic mass is 10.1. The number of nitrogen functional groups attached to an aromatic ring is 1. The van der Waals surface area contributed by atoms with Crippen LogP contribution in [0.15, 0.2) is 35.2 Å². The number of benzene rings is 2. The molecule has 0 fully saturated rings. The van der Waals surface area contributed by atoms with E-state index in [-0.39, 0.29) is 4.90 Å². The number of nitrogens with two attached hydrogens (primary N) is 1. The minimum absolute atomic E-state index is 0.180. The summed E-state index contributed by atoms with van der Waals surface area (Å²) in [5, 5.41) is 0.510. The molecule has 0 bridgehead atoms. The zero-order valence-corrected chi connectivity index (χ0v) is 13.6. The van der Waals surface area contributed by atoms with Crippen molar-refractivity contribution in [3.05, 3.63) is 52.0 Å². The summed E-state index contributed by atoms with van der Waals surface area (Å²) in [7, 11) is -3.72. The average molecular weight is 325 g/mol. The lowest BCUT2D eigenvalue weighted by molar-refractivity contribution is 0.600. The predicted molar refractivity (Wildman–Crippen MR) is 87.3 cm³/mol. The SMILES string of the molecule is Cc1cc(N)c(C)c(S(=O)(=O)Nc2cccc(Cl)c2C)c1. The number of sulfonamides is 1. The second-order valence-corrected chi connectivity index (χ2v) is 7.05. The van der Waals surface area contributed by atoms with Crippen molar-refractivity contribution in [2.75, 3.05) is 10.5 Å². The Labute approximate surface area is 130 Å². The van der Waals surface area contributed by atoms with E-state index in [1.54, 1.807) is 51.1 Å². The summed E-state index contributed by atoms with van der Waals surface area (Å²) in [6.45, 7) is 5.26. The van der Waals surface area contributed by atoms with Gasteiger partial charge < -0.3 is 5.73 Å². The topological polar surface area (TPSA) is 72.2 Å². The quantitative estimate of drug-likeness (QED) is 0.846. The van der Waals surface area contributed by atoms with Gasteiger partial charge in [-0.25, -0.2) is 8.42 Å². The molecule has 2 rings (SSSR count). The van der Waals surface area contributed by atoms with E-state index in [0.717, 1.165) is 5.56 Å². The number of rotatable bonds is 3. The maximum absolute atomic E-state index is 12.6. The van der Waals surface area contributed by atoms with Gasteiger partial charge in [0.2, 0.25) is 0 Å². The number of nitrogens with one attached hydrogen (secondary N) is 1. The standard InChI is InChI=1S/C15H17ClN2O2S/c1-9-7-13(17)11(3)15(8-9)21(19,20)18-14-6-4-5-12(16)10(14)2/h4-8,18H,17H2,1-3H3. The molecule has 6 heteroatoms. The molecule has 4 nitrogen and oxygen atoms in total. The van der Waals surface area contributed by atoms with Crippen molar-refractivity contribution in [1.29, 1.82) is 0 Å². The molecule has 0 aromatic heterocycles. The maximum Gasteiger partial charge on any atom is 0.262 e. The molecule has 0 radical (unpaired) electrons. The average Bonchev–Trinajstić information content (AvgIpc) is 2.39. The highest BCUT2D eigenvalue weighted by atomic mass is 35.5. The molecule has 2 aromatic carbocycles. The van der Waals surface area contributed by atoms with Crippen LogP contribution in [0.1, 0.15) is 16.7 Å². The van der Waals surface area contributed by atoms with E-state index >= 15 is 0 Å². The zero-order valence-electron chi connectivity index (χ0n) is 12.1. The van der Waals surface area contributed by atoms with Crippen molar-refractivity contribution in [1.82, 2.24) is 0 Å². The Kier molecular flexibility index (Phi) is 4.16. The third-order valence-electron chi connectivity index (χ3n) is 3.35. The van der Waals surface area contributed by atoms with Crippen molar-refractivity contribution in [3.8, 4) is 0 Å². The van der Waals surface area contributed by atoms with Gasteiger partial charge in [0.25, 0.3) is 10.0 Å². The second-order valence-electron chi connectivity index (χ2n) is 5.00. The molecule has 3 N–H and O–H groups in total. The first-order valence-electron chi connectivity index (χ1n) is 6.37. The fourth-order valence-corrected chi connectivity index (χ4v) is 3.71. The summed E-state index contributed by atoms with van der Waals surface area (Å²) in [5.41, 5.74) is 8.78. The van der Waals surface area contributed by atoms with Crippen molar-refractivity contribution in [2.24, 2.45) is 0 Å². The van der Waals surface area contributed by atoms with E-state index in [4.69, 9.17) is 17.3 Å². The third-order valence-corrected chi connectivity index (χ3v) is 5.25. The number of anilines is 2. The van der Waals surface area contributed by atoms with Gasteiger partial charge in [-0.2, -0.15) is 0 Å². The van der Waals surface area contributed by atoms with E-state index in [0.29, 0.717) is 27.5 Å². The number of hydrogen-bond donors (Lipinski definition) is 2. The predicted octanol–water partition coefficient (Wildman–Crippen LogP) is 3.65. The number of halogens is 1. The Morgan fingerprint density at radius 3 is 2.43 bits per heavy atom. The minimum atomic E-state index is -3.72. The first-order valence-corrected chi connectivity index (χ1v) is 8.23. The molecule has 0 aliphatic rings. The molecule has 2 aromatic rings. The van der Waals surface area contributed by atoms with Crippen LogP contribution >= 0.6 is 11.6 Å². The Balaban J connectivity index is 2.51. The molecule has 0 aliphatic carbocycles. The van der Waals surface area contributed by atoms with Crippen LogP contribution < -0.4 is 10.5 Å². The van der Waals surface area contributed by atoms with Crippen LogP contribution in [-0.2, 0) is 10.0 Å². The first-order chi connectivity index (χ1) is 9.72. The highest BCUT2D eigenvalue weighted by molar-refractivity contribution is 7.92. The fraction of sp³-hybridized carbons (Fsp3) is 0.200. The van der Waals surface area contributed by atoms with Gasteiger partial charge in [-0.3, -0.25) is 4.72 Å². The van der Waals surface area contributed by atoms with E-state index in [1.165, 1.54) is 0 Å². The summed E-state index contributed by atoms with van der Waals surface area (Å²) in [6, 6.07) is 8.44. The van der Waals surface area contributed by atoms with Crippen LogP contribution in [0.4, 0.5) is 11.4 Å². The van der Waals surface area contributed by atoms with Crippen LogP contribution in [0.2, 0.25) is 5.02 Å². The van der Waals surface area contributed by atoms with Crippen molar-refractivity contribution in [3.63, 3.8) is 0 Å². The molecule has 0 saturated carbocycles. The van der Waals surface area contributed by atoms with Crippen molar-refractivity contribution < 1.29 is 8.42 Å². The maximum atomic E-state index is 12.6. The molecular formula is C15H17ClN2O2S. The summed E-state index contributed by atoms with van der Waals surface area (Å²) in [4.78, 5) is 0.180. The largest absolute Gasteiger partial charge is 0.398 e. The highest BCUT2D eigenvalue weighted by Gasteiger charge is 2.20. The van der Waals surface area contributed by atoms with Gasteiger partial charge in [-0.15, -0.1) is 0 Å². The van der Waals surface area contributed by atoms with Crippen molar-refractivity contribution in [2.45, 2.75) is 25.7 Å². The van der Waals surface area contributed by atoms with E-state index in [1.807, 2.05) is 0 Å². The Bertz CT molecular complexity index is 802. The van der Waals surface area contributed by atoms with E-state index in [9.17, 15) is 8.42 Å². The van der Waals surface area contributed by atoms with Crippen LogP contribution in [-0.4, -0.2) is 8.42 Å². The normalized spacial score (nSPS) is 11.4. The van der Waals surface area contributed by atoms with Crippen LogP contribution in [0.5, 0.6) is 0 Å². The zero-order chi connectivity index (χ0) is 15.8. The Morgan fingerprint density at radius 2 is 1.76 bits per heavy atom. The Hall–Kier alpha value is -1.72. The number of hydrogen-bond acceptors (Lipinski definition) is 3. The highest BCUT2D eigenvalue weighted by Crippen LogP contribution is 2.28. The molecular weight excluding hydrogens is 308 g/mol. The minimum Gasteiger partial charge on any atom is -0.398 e. The summed E-state index contributed by atoms with van der Waals surface area (Å²) in [5.74, 6) is 0. The lowest BCUT2D eigenvalue weighted by Gasteiger charge is -2.14. The van der Waals surface area contributed by atoms with Gasteiger partial charge in [0.05, 0.1) is 10.6 Å². The molecule has 0 saturated heterocycles. The lowest BCUT2D eigenvalue weighted by Crippen LogP contribution is -2.16. The van der Waals surface area contributed by atoms with E-state index < -0.39 is 10.0 Å². The molecule has 0 aliphatic heterocycles. The third kappa shape index (κ3) is 3.14. The second kappa shape index (κ2) is 5.58. The van der Waals surface area contributed by atoms with Gasteiger partial charge in [0.15, 0.2) is 0 Å². The van der Waals surface area contributed by atoms with Crippen molar-refractivity contribution >= 4 is 33.0 Å². The van der Waals surface area contributed by atoms with Crippen LogP contribution in [0, 0.1) is 20.8 Å². The molecule has 0 heterocycles. The van der Waals surface area contributed by atoms with Gasteiger partial charge in [-0.1, -0.05) is 17.7 Å².